The van der Waals surface area contributed by atoms with Crippen molar-refractivity contribution in [2.45, 2.75) is 32.4 Å². The smallest absolute Gasteiger partial charge is 0.408 e. The molecule has 0 fully saturated rings. The molecule has 28 heavy (non-hydrogen) atoms. The lowest BCUT2D eigenvalue weighted by Crippen LogP contribution is -2.35. The molecule has 1 N–H and O–H groups in total. The van der Waals surface area contributed by atoms with Crippen LogP contribution in [0.2, 0.25) is 0 Å². The Morgan fingerprint density at radius 1 is 1.14 bits per heavy atom. The second kappa shape index (κ2) is 8.89. The fourth-order valence-electron chi connectivity index (χ4n) is 3.31. The van der Waals surface area contributed by atoms with Gasteiger partial charge in [0.15, 0.2) is 5.58 Å². The summed E-state index contributed by atoms with van der Waals surface area (Å²) < 4.78 is 6.71. The van der Waals surface area contributed by atoms with Gasteiger partial charge in [-0.1, -0.05) is 43.3 Å². The van der Waals surface area contributed by atoms with Crippen LogP contribution in [0.1, 0.15) is 30.5 Å². The number of hydrogen-bond acceptors (Lipinski definition) is 4. The molecule has 1 aromatic heterocycles. The van der Waals surface area contributed by atoms with Crippen LogP contribution in [-0.2, 0) is 17.8 Å². The molecule has 6 heteroatoms. The zero-order valence-corrected chi connectivity index (χ0v) is 16.6. The van der Waals surface area contributed by atoms with E-state index in [0.717, 1.165) is 6.42 Å². The van der Waals surface area contributed by atoms with Gasteiger partial charge in [0.05, 0.1) is 11.6 Å². The van der Waals surface area contributed by atoms with Gasteiger partial charge in [-0.2, -0.15) is 0 Å². The summed E-state index contributed by atoms with van der Waals surface area (Å²) in [6.45, 7) is 2.94. The van der Waals surface area contributed by atoms with Crippen LogP contribution in [0, 0.1) is 0 Å². The molecule has 0 aliphatic heterocycles. The Morgan fingerprint density at radius 2 is 1.86 bits per heavy atom. The van der Waals surface area contributed by atoms with Gasteiger partial charge in [-0.05, 0) is 43.8 Å². The van der Waals surface area contributed by atoms with Gasteiger partial charge < -0.3 is 14.6 Å². The van der Waals surface area contributed by atoms with E-state index in [4.69, 9.17) is 4.42 Å². The number of aryl methyl sites for hydroxylation is 2. The van der Waals surface area contributed by atoms with Crippen molar-refractivity contribution in [2.24, 2.45) is 0 Å². The number of benzene rings is 2. The van der Waals surface area contributed by atoms with Gasteiger partial charge in [0, 0.05) is 19.5 Å². The molecule has 1 amide bonds. The van der Waals surface area contributed by atoms with Gasteiger partial charge in [0.1, 0.15) is 0 Å². The summed E-state index contributed by atoms with van der Waals surface area (Å²) in [5.41, 5.74) is 3.71. The number of amides is 1. The summed E-state index contributed by atoms with van der Waals surface area (Å²) in [5.74, 6) is -0.523. The van der Waals surface area contributed by atoms with Gasteiger partial charge in [0.25, 0.3) is 0 Å². The average molecular weight is 381 g/mol. The van der Waals surface area contributed by atoms with Crippen LogP contribution in [0.3, 0.4) is 0 Å². The minimum atomic E-state index is -0.434. The van der Waals surface area contributed by atoms with E-state index >= 15 is 0 Å². The maximum Gasteiger partial charge on any atom is 0.419 e. The highest BCUT2D eigenvalue weighted by atomic mass is 16.4. The van der Waals surface area contributed by atoms with E-state index in [1.165, 1.54) is 15.7 Å². The maximum atomic E-state index is 12.4. The molecule has 0 saturated heterocycles. The summed E-state index contributed by atoms with van der Waals surface area (Å²) >= 11 is 0. The number of nitrogens with one attached hydrogen (secondary N) is 1. The number of para-hydroxylation sites is 2. The topological polar surface area (TPSA) is 67.5 Å². The predicted molar refractivity (Wildman–Crippen MR) is 110 cm³/mol. The Bertz CT molecular complexity index is 986. The van der Waals surface area contributed by atoms with Gasteiger partial charge in [-0.25, -0.2) is 4.79 Å². The molecular formula is C22H27N3O3. The third-order valence-electron chi connectivity index (χ3n) is 5.02. The summed E-state index contributed by atoms with van der Waals surface area (Å²) in [7, 11) is 4.00. The first-order valence-electron chi connectivity index (χ1n) is 9.60. The normalized spacial score (nSPS) is 12.4. The van der Waals surface area contributed by atoms with Gasteiger partial charge in [-0.3, -0.25) is 9.36 Å². The Labute approximate surface area is 164 Å². The number of carbonyl (C=O) groups is 1. The minimum absolute atomic E-state index is 0.0887. The Balaban J connectivity index is 1.60. The molecular weight excluding hydrogens is 354 g/mol. The number of aromatic nitrogens is 1. The summed E-state index contributed by atoms with van der Waals surface area (Å²) in [5, 5.41) is 2.99. The standard InChI is InChI=1S/C22H27N3O3/c1-4-16-9-11-17(12-10-16)19(24(2)3)15-23-21(26)13-14-25-18-7-5-6-8-20(18)28-22(25)27/h5-12,19H,4,13-15H2,1-3H3,(H,23,26). The number of hydrogen-bond donors (Lipinski definition) is 1. The van der Waals surface area contributed by atoms with Crippen molar-refractivity contribution in [3.05, 3.63) is 70.2 Å². The molecule has 6 nitrogen and oxygen atoms in total. The van der Waals surface area contributed by atoms with E-state index in [9.17, 15) is 9.59 Å². The van der Waals surface area contributed by atoms with Crippen molar-refractivity contribution < 1.29 is 9.21 Å². The molecule has 0 saturated carbocycles. The van der Waals surface area contributed by atoms with Crippen LogP contribution in [0.5, 0.6) is 0 Å². The molecule has 0 aliphatic rings. The van der Waals surface area contributed by atoms with Gasteiger partial charge in [-0.15, -0.1) is 0 Å². The van der Waals surface area contributed by atoms with Gasteiger partial charge >= 0.3 is 5.76 Å². The number of likely N-dealkylation sites (N-methyl/N-ethyl adjacent to an activating group) is 1. The predicted octanol–water partition coefficient (Wildman–Crippen LogP) is 2.97. The van der Waals surface area contributed by atoms with Crippen LogP contribution < -0.4 is 11.1 Å². The van der Waals surface area contributed by atoms with Crippen LogP contribution in [0.25, 0.3) is 11.1 Å². The molecule has 1 heterocycles. The van der Waals surface area contributed by atoms with Crippen molar-refractivity contribution in [1.29, 1.82) is 0 Å². The zero-order chi connectivity index (χ0) is 20.1. The minimum Gasteiger partial charge on any atom is -0.408 e. The molecule has 148 valence electrons. The van der Waals surface area contributed by atoms with E-state index in [0.29, 0.717) is 24.2 Å². The summed E-state index contributed by atoms with van der Waals surface area (Å²) in [4.78, 5) is 26.5. The van der Waals surface area contributed by atoms with E-state index in [1.807, 2.05) is 32.3 Å². The third-order valence-corrected chi connectivity index (χ3v) is 5.02. The molecule has 1 unspecified atom stereocenters. The Hall–Kier alpha value is -2.86. The van der Waals surface area contributed by atoms with Crippen molar-refractivity contribution in [1.82, 2.24) is 14.8 Å². The second-order valence-electron chi connectivity index (χ2n) is 7.12. The molecule has 0 spiro atoms. The first-order valence-corrected chi connectivity index (χ1v) is 9.60. The number of fused-ring (bicyclic) bond motifs is 1. The lowest BCUT2D eigenvalue weighted by atomic mass is 10.0. The Morgan fingerprint density at radius 3 is 2.54 bits per heavy atom. The first-order chi connectivity index (χ1) is 13.5. The zero-order valence-electron chi connectivity index (χ0n) is 16.6. The lowest BCUT2D eigenvalue weighted by molar-refractivity contribution is -0.121. The van der Waals surface area contributed by atoms with E-state index in [1.54, 1.807) is 6.07 Å². The van der Waals surface area contributed by atoms with E-state index in [-0.39, 0.29) is 18.4 Å². The molecule has 0 radical (unpaired) electrons. The highest BCUT2D eigenvalue weighted by Crippen LogP contribution is 2.18. The second-order valence-corrected chi connectivity index (χ2v) is 7.12. The molecule has 3 rings (SSSR count). The summed E-state index contributed by atoms with van der Waals surface area (Å²) in [6, 6.07) is 15.8. The molecule has 1 atom stereocenters. The quantitative estimate of drug-likeness (QED) is 0.651. The van der Waals surface area contributed by atoms with Crippen molar-refractivity contribution in [2.75, 3.05) is 20.6 Å². The summed E-state index contributed by atoms with van der Waals surface area (Å²) in [6.07, 6.45) is 1.23. The van der Waals surface area contributed by atoms with Crippen LogP contribution in [0.4, 0.5) is 0 Å². The third kappa shape index (κ3) is 4.51. The molecule has 0 aliphatic carbocycles. The van der Waals surface area contributed by atoms with Crippen molar-refractivity contribution in [3.63, 3.8) is 0 Å². The Kier molecular flexibility index (Phi) is 6.31. The van der Waals surface area contributed by atoms with Crippen molar-refractivity contribution >= 4 is 17.0 Å². The number of rotatable bonds is 8. The fraction of sp³-hybridized carbons (Fsp3) is 0.364. The highest BCUT2D eigenvalue weighted by molar-refractivity contribution is 5.76. The lowest BCUT2D eigenvalue weighted by Gasteiger charge is -2.25. The SMILES string of the molecule is CCc1ccc(C(CNC(=O)CCn2c(=O)oc3ccccc32)N(C)C)cc1. The van der Waals surface area contributed by atoms with E-state index in [2.05, 4.69) is 41.4 Å². The number of oxazole rings is 1. The first kappa shape index (κ1) is 19.9. The average Bonchev–Trinajstić information content (AvgIpc) is 3.01. The largest absolute Gasteiger partial charge is 0.419 e. The van der Waals surface area contributed by atoms with Crippen LogP contribution in [-0.4, -0.2) is 36.0 Å². The van der Waals surface area contributed by atoms with Crippen molar-refractivity contribution in [3.8, 4) is 0 Å². The van der Waals surface area contributed by atoms with Crippen LogP contribution in [0.15, 0.2) is 57.7 Å². The maximum absolute atomic E-state index is 12.4. The highest BCUT2D eigenvalue weighted by Gasteiger charge is 2.16. The fourth-order valence-corrected chi connectivity index (χ4v) is 3.31. The van der Waals surface area contributed by atoms with Crippen LogP contribution >= 0.6 is 0 Å². The van der Waals surface area contributed by atoms with E-state index < -0.39 is 5.76 Å². The number of carbonyl (C=O) groups excluding carboxylic acids is 1. The molecule has 3 aromatic rings. The number of nitrogens with zero attached hydrogens (tertiary/aromatic N) is 2. The molecule has 0 bridgehead atoms. The monoisotopic (exact) mass is 381 g/mol. The van der Waals surface area contributed by atoms with Gasteiger partial charge in [0.2, 0.25) is 5.91 Å². The molecule has 2 aromatic carbocycles.